The lowest BCUT2D eigenvalue weighted by Gasteiger charge is -1.99. The zero-order valence-electron chi connectivity index (χ0n) is 11.0. The highest BCUT2D eigenvalue weighted by molar-refractivity contribution is 7.98. The van der Waals surface area contributed by atoms with Gasteiger partial charge in [0.2, 0.25) is 0 Å². The van der Waals surface area contributed by atoms with Gasteiger partial charge in [0.1, 0.15) is 0 Å². The molecule has 1 aromatic heterocycles. The van der Waals surface area contributed by atoms with Gasteiger partial charge in [-0.05, 0) is 35.4 Å². The molecule has 1 aliphatic rings. The number of aromatic nitrogens is 2. The molecule has 0 amide bonds. The Bertz CT molecular complexity index is 568. The first-order valence-corrected chi connectivity index (χ1v) is 7.75. The summed E-state index contributed by atoms with van der Waals surface area (Å²) in [6, 6.07) is 6.34. The van der Waals surface area contributed by atoms with E-state index in [4.69, 9.17) is 4.52 Å². The van der Waals surface area contributed by atoms with Crippen LogP contribution in [0.3, 0.4) is 0 Å². The first kappa shape index (κ1) is 12.7. The molecule has 0 bridgehead atoms. The van der Waals surface area contributed by atoms with E-state index in [0.29, 0.717) is 5.89 Å². The lowest BCUT2D eigenvalue weighted by Crippen LogP contribution is -1.99. The van der Waals surface area contributed by atoms with Crippen LogP contribution in [0.5, 0.6) is 0 Å². The molecule has 4 nitrogen and oxygen atoms in total. The molecule has 0 spiro atoms. The van der Waals surface area contributed by atoms with E-state index in [-0.39, 0.29) is 0 Å². The minimum absolute atomic E-state index is 0.627. The fraction of sp³-hybridized carbons (Fsp3) is 0.429. The molecule has 5 heteroatoms. The van der Waals surface area contributed by atoms with E-state index in [0.717, 1.165) is 36.0 Å². The number of nitrogens with zero attached hydrogens (tertiary/aromatic N) is 2. The van der Waals surface area contributed by atoms with Crippen LogP contribution in [-0.2, 0) is 18.8 Å². The average Bonchev–Trinajstić information content (AvgIpc) is 3.06. The summed E-state index contributed by atoms with van der Waals surface area (Å²) in [6.45, 7) is 4.06. The van der Waals surface area contributed by atoms with Crippen molar-refractivity contribution in [2.24, 2.45) is 0 Å². The molecule has 0 atom stereocenters. The van der Waals surface area contributed by atoms with Crippen LogP contribution in [-0.4, -0.2) is 15.9 Å². The van der Waals surface area contributed by atoms with Crippen LogP contribution >= 0.6 is 11.8 Å². The van der Waals surface area contributed by atoms with Gasteiger partial charge in [0.15, 0.2) is 5.82 Å². The van der Waals surface area contributed by atoms with Crippen molar-refractivity contribution in [2.45, 2.75) is 32.2 Å². The number of rotatable bonds is 5. The molecular weight excluding hydrogens is 258 g/mol. The molecule has 3 rings (SSSR count). The Labute approximate surface area is 117 Å². The zero-order chi connectivity index (χ0) is 13.1. The summed E-state index contributed by atoms with van der Waals surface area (Å²) in [7, 11) is 0. The van der Waals surface area contributed by atoms with Crippen molar-refractivity contribution < 1.29 is 4.52 Å². The standard InChI is InChI=1S/C14H17N3OS/c1-2-5-19-9-13-16-14(18-17-13)10-3-4-11-7-15-8-12(11)6-10/h3-4,6,15H,2,5,7-9H2,1H3. The van der Waals surface area contributed by atoms with Crippen LogP contribution in [0, 0.1) is 0 Å². The second-order valence-corrected chi connectivity index (χ2v) is 5.76. The van der Waals surface area contributed by atoms with E-state index in [1.54, 1.807) is 0 Å². The van der Waals surface area contributed by atoms with Crippen molar-refractivity contribution in [1.29, 1.82) is 0 Å². The van der Waals surface area contributed by atoms with Gasteiger partial charge in [-0.1, -0.05) is 18.1 Å². The monoisotopic (exact) mass is 275 g/mol. The lowest BCUT2D eigenvalue weighted by atomic mass is 10.1. The molecular formula is C14H17N3OS. The first-order valence-electron chi connectivity index (χ1n) is 6.60. The molecule has 0 saturated carbocycles. The number of hydrogen-bond acceptors (Lipinski definition) is 5. The molecule has 2 aromatic rings. The van der Waals surface area contributed by atoms with Gasteiger partial charge in [0, 0.05) is 18.7 Å². The molecule has 1 aliphatic heterocycles. The van der Waals surface area contributed by atoms with Crippen molar-refractivity contribution in [1.82, 2.24) is 15.5 Å². The van der Waals surface area contributed by atoms with Crippen molar-refractivity contribution >= 4 is 11.8 Å². The Kier molecular flexibility index (Phi) is 3.84. The van der Waals surface area contributed by atoms with E-state index in [2.05, 4.69) is 40.6 Å². The highest BCUT2D eigenvalue weighted by Gasteiger charge is 2.14. The number of thioether (sulfide) groups is 1. The quantitative estimate of drug-likeness (QED) is 0.850. The first-order chi connectivity index (χ1) is 9.36. The summed E-state index contributed by atoms with van der Waals surface area (Å²) in [6.07, 6.45) is 1.17. The van der Waals surface area contributed by atoms with Crippen molar-refractivity contribution in [3.63, 3.8) is 0 Å². The molecule has 19 heavy (non-hydrogen) atoms. The summed E-state index contributed by atoms with van der Waals surface area (Å²) in [5, 5.41) is 7.37. The fourth-order valence-corrected chi connectivity index (χ4v) is 2.90. The number of benzene rings is 1. The Morgan fingerprint density at radius 2 is 2.21 bits per heavy atom. The van der Waals surface area contributed by atoms with Crippen LogP contribution < -0.4 is 5.32 Å². The molecule has 0 fully saturated rings. The second kappa shape index (κ2) is 5.75. The highest BCUT2D eigenvalue weighted by Crippen LogP contribution is 2.24. The molecule has 0 saturated heterocycles. The predicted octanol–water partition coefficient (Wildman–Crippen LogP) is 2.98. The Hall–Kier alpha value is -1.33. The molecule has 100 valence electrons. The summed E-state index contributed by atoms with van der Waals surface area (Å²) in [5.41, 5.74) is 3.71. The lowest BCUT2D eigenvalue weighted by molar-refractivity contribution is 0.425. The minimum atomic E-state index is 0.627. The van der Waals surface area contributed by atoms with E-state index < -0.39 is 0 Å². The third-order valence-corrected chi connectivity index (χ3v) is 4.29. The Morgan fingerprint density at radius 3 is 3.11 bits per heavy atom. The molecule has 0 aliphatic carbocycles. The van der Waals surface area contributed by atoms with Crippen molar-refractivity contribution in [3.8, 4) is 11.5 Å². The highest BCUT2D eigenvalue weighted by atomic mass is 32.2. The van der Waals surface area contributed by atoms with Gasteiger partial charge in [-0.15, -0.1) is 0 Å². The van der Waals surface area contributed by atoms with Gasteiger partial charge in [0.25, 0.3) is 5.89 Å². The second-order valence-electron chi connectivity index (χ2n) is 4.66. The van der Waals surface area contributed by atoms with E-state index >= 15 is 0 Å². The van der Waals surface area contributed by atoms with Gasteiger partial charge in [-0.3, -0.25) is 0 Å². The molecule has 0 radical (unpaired) electrons. The van der Waals surface area contributed by atoms with Crippen LogP contribution in [0.15, 0.2) is 22.7 Å². The number of fused-ring (bicyclic) bond motifs is 1. The SMILES string of the molecule is CCCSCc1noc(-c2ccc3c(c2)CNC3)n1. The Morgan fingerprint density at radius 1 is 1.32 bits per heavy atom. The summed E-state index contributed by atoms with van der Waals surface area (Å²) >= 11 is 1.84. The smallest absolute Gasteiger partial charge is 0.257 e. The maximum atomic E-state index is 5.35. The van der Waals surface area contributed by atoms with Gasteiger partial charge in [-0.25, -0.2) is 0 Å². The summed E-state index contributed by atoms with van der Waals surface area (Å²) < 4.78 is 5.35. The largest absolute Gasteiger partial charge is 0.334 e. The zero-order valence-corrected chi connectivity index (χ0v) is 11.8. The van der Waals surface area contributed by atoms with E-state index in [9.17, 15) is 0 Å². The van der Waals surface area contributed by atoms with Gasteiger partial charge < -0.3 is 9.84 Å². The maximum Gasteiger partial charge on any atom is 0.257 e. The van der Waals surface area contributed by atoms with Gasteiger partial charge >= 0.3 is 0 Å². The van der Waals surface area contributed by atoms with Crippen molar-refractivity contribution in [3.05, 3.63) is 35.2 Å². The molecule has 1 N–H and O–H groups in total. The van der Waals surface area contributed by atoms with Gasteiger partial charge in [0.05, 0.1) is 5.75 Å². The van der Waals surface area contributed by atoms with Crippen LogP contribution in [0.4, 0.5) is 0 Å². The number of hydrogen-bond donors (Lipinski definition) is 1. The predicted molar refractivity (Wildman–Crippen MR) is 76.7 cm³/mol. The topological polar surface area (TPSA) is 51.0 Å². The molecule has 1 aromatic carbocycles. The number of nitrogens with one attached hydrogen (secondary N) is 1. The third-order valence-electron chi connectivity index (χ3n) is 3.13. The molecule has 2 heterocycles. The van der Waals surface area contributed by atoms with E-state index in [1.807, 2.05) is 11.8 Å². The Balaban J connectivity index is 1.75. The summed E-state index contributed by atoms with van der Waals surface area (Å²) in [5.74, 6) is 3.37. The summed E-state index contributed by atoms with van der Waals surface area (Å²) in [4.78, 5) is 4.46. The van der Waals surface area contributed by atoms with Crippen molar-refractivity contribution in [2.75, 3.05) is 5.75 Å². The van der Waals surface area contributed by atoms with E-state index in [1.165, 1.54) is 17.5 Å². The average molecular weight is 275 g/mol. The van der Waals surface area contributed by atoms with Crippen LogP contribution in [0.25, 0.3) is 11.5 Å². The third kappa shape index (κ3) is 2.82. The molecule has 0 unspecified atom stereocenters. The van der Waals surface area contributed by atoms with Crippen LogP contribution in [0.2, 0.25) is 0 Å². The maximum absolute atomic E-state index is 5.35. The fourth-order valence-electron chi connectivity index (χ4n) is 2.17. The normalized spacial score (nSPS) is 13.7. The van der Waals surface area contributed by atoms with Crippen LogP contribution in [0.1, 0.15) is 30.3 Å². The minimum Gasteiger partial charge on any atom is -0.334 e. The van der Waals surface area contributed by atoms with Gasteiger partial charge in [-0.2, -0.15) is 16.7 Å².